The van der Waals surface area contributed by atoms with Crippen LogP contribution in [0.4, 0.5) is 13.2 Å². The van der Waals surface area contributed by atoms with Crippen molar-refractivity contribution in [1.82, 2.24) is 9.55 Å². The number of benzene rings is 1. The Balaban J connectivity index is 1.98. The van der Waals surface area contributed by atoms with Gasteiger partial charge in [0.15, 0.2) is 0 Å². The van der Waals surface area contributed by atoms with Crippen molar-refractivity contribution in [3.05, 3.63) is 47.1 Å². The van der Waals surface area contributed by atoms with Crippen molar-refractivity contribution in [3.63, 3.8) is 0 Å². The minimum Gasteiger partial charge on any atom is -0.406 e. The van der Waals surface area contributed by atoms with Crippen LogP contribution in [-0.2, 0) is 6.54 Å². The molecule has 0 atom stereocenters. The summed E-state index contributed by atoms with van der Waals surface area (Å²) in [4.78, 5) is 15.7. The molecule has 0 amide bonds. The average molecular weight is 324 g/mol. The number of alkyl halides is 3. The van der Waals surface area contributed by atoms with E-state index in [0.29, 0.717) is 23.2 Å². The maximum absolute atomic E-state index is 12.2. The molecular weight excluding hydrogens is 313 g/mol. The molecule has 0 radical (unpaired) electrons. The molecule has 0 bridgehead atoms. The van der Waals surface area contributed by atoms with E-state index in [4.69, 9.17) is 4.42 Å². The molecule has 2 aromatic heterocycles. The lowest BCUT2D eigenvalue weighted by atomic mass is 10.1. The molecule has 0 saturated carbocycles. The zero-order valence-electron chi connectivity index (χ0n) is 11.9. The summed E-state index contributed by atoms with van der Waals surface area (Å²) >= 11 is 0. The van der Waals surface area contributed by atoms with Gasteiger partial charge in [0.05, 0.1) is 0 Å². The van der Waals surface area contributed by atoms with Crippen molar-refractivity contribution in [2.45, 2.75) is 19.8 Å². The smallest absolute Gasteiger partial charge is 0.406 e. The van der Waals surface area contributed by atoms with E-state index in [-0.39, 0.29) is 11.5 Å². The first-order valence-corrected chi connectivity index (χ1v) is 6.73. The SMILES string of the molecule is CCn1c(=O)oc2ncc(-c3ccc(OC(F)(F)F)cc3)cc21. The van der Waals surface area contributed by atoms with Gasteiger partial charge in [-0.2, -0.15) is 0 Å². The molecule has 0 aliphatic heterocycles. The first-order chi connectivity index (χ1) is 10.9. The number of hydrogen-bond donors (Lipinski definition) is 0. The van der Waals surface area contributed by atoms with Crippen LogP contribution in [0.3, 0.4) is 0 Å². The number of oxazole rings is 1. The Morgan fingerprint density at radius 2 is 1.91 bits per heavy atom. The molecule has 0 fully saturated rings. The van der Waals surface area contributed by atoms with Crippen molar-refractivity contribution in [2.75, 3.05) is 0 Å². The molecular formula is C15H11F3N2O3. The van der Waals surface area contributed by atoms with E-state index in [1.807, 2.05) is 0 Å². The molecule has 120 valence electrons. The van der Waals surface area contributed by atoms with E-state index in [1.165, 1.54) is 35.0 Å². The van der Waals surface area contributed by atoms with Gasteiger partial charge >= 0.3 is 12.1 Å². The number of ether oxygens (including phenoxy) is 1. The summed E-state index contributed by atoms with van der Waals surface area (Å²) in [5.74, 6) is -0.801. The van der Waals surface area contributed by atoms with Crippen LogP contribution in [0.15, 0.2) is 45.7 Å². The largest absolute Gasteiger partial charge is 0.573 e. The summed E-state index contributed by atoms with van der Waals surface area (Å²) in [6.45, 7) is 2.22. The minimum absolute atomic E-state index is 0.220. The number of hydrogen-bond acceptors (Lipinski definition) is 4. The second-order valence-corrected chi connectivity index (χ2v) is 4.73. The molecule has 2 heterocycles. The Labute approximate surface area is 127 Å². The van der Waals surface area contributed by atoms with Gasteiger partial charge in [0.25, 0.3) is 0 Å². The maximum Gasteiger partial charge on any atom is 0.573 e. The first-order valence-electron chi connectivity index (χ1n) is 6.73. The van der Waals surface area contributed by atoms with Crippen LogP contribution >= 0.6 is 0 Å². The van der Waals surface area contributed by atoms with Gasteiger partial charge in [-0.15, -0.1) is 13.2 Å². The molecule has 0 aliphatic carbocycles. The van der Waals surface area contributed by atoms with Crippen molar-refractivity contribution < 1.29 is 22.3 Å². The Kier molecular flexibility index (Phi) is 3.59. The molecule has 0 saturated heterocycles. The number of aryl methyl sites for hydroxylation is 1. The predicted octanol–water partition coefficient (Wildman–Crippen LogP) is 3.58. The summed E-state index contributed by atoms with van der Waals surface area (Å²) in [6.07, 6.45) is -3.24. The molecule has 1 aromatic carbocycles. The van der Waals surface area contributed by atoms with Crippen LogP contribution in [0.25, 0.3) is 22.4 Å². The quantitative estimate of drug-likeness (QED) is 0.739. The fourth-order valence-corrected chi connectivity index (χ4v) is 2.26. The fraction of sp³-hybridized carbons (Fsp3) is 0.200. The summed E-state index contributed by atoms with van der Waals surface area (Å²) in [5, 5.41) is 0. The second-order valence-electron chi connectivity index (χ2n) is 4.73. The van der Waals surface area contributed by atoms with Gasteiger partial charge in [0.2, 0.25) is 5.71 Å². The van der Waals surface area contributed by atoms with Gasteiger partial charge in [0, 0.05) is 18.3 Å². The van der Waals surface area contributed by atoms with E-state index < -0.39 is 12.1 Å². The highest BCUT2D eigenvalue weighted by Gasteiger charge is 2.30. The standard InChI is InChI=1S/C15H11F3N2O3/c1-2-20-12-7-10(8-19-13(12)22-14(20)21)9-3-5-11(6-4-9)23-15(16,17)18/h3-8H,2H2,1H3. The number of pyridine rings is 1. The zero-order chi connectivity index (χ0) is 16.6. The lowest BCUT2D eigenvalue weighted by Gasteiger charge is -2.09. The maximum atomic E-state index is 12.2. The summed E-state index contributed by atoms with van der Waals surface area (Å²) in [7, 11) is 0. The van der Waals surface area contributed by atoms with Crippen LogP contribution in [0.5, 0.6) is 5.75 Å². The monoisotopic (exact) mass is 324 g/mol. The Morgan fingerprint density at radius 1 is 1.22 bits per heavy atom. The molecule has 3 rings (SSSR count). The average Bonchev–Trinajstić information content (AvgIpc) is 2.80. The van der Waals surface area contributed by atoms with Crippen LogP contribution in [0.2, 0.25) is 0 Å². The topological polar surface area (TPSA) is 57.3 Å². The van der Waals surface area contributed by atoms with E-state index in [1.54, 1.807) is 13.0 Å². The molecule has 0 unspecified atom stereocenters. The van der Waals surface area contributed by atoms with Crippen LogP contribution < -0.4 is 10.5 Å². The number of fused-ring (bicyclic) bond motifs is 1. The van der Waals surface area contributed by atoms with Gasteiger partial charge in [-0.05, 0) is 30.7 Å². The normalized spacial score (nSPS) is 11.8. The van der Waals surface area contributed by atoms with Crippen molar-refractivity contribution >= 4 is 11.2 Å². The first kappa shape index (κ1) is 15.1. The van der Waals surface area contributed by atoms with E-state index in [2.05, 4.69) is 9.72 Å². The third-order valence-electron chi connectivity index (χ3n) is 3.26. The molecule has 3 aromatic rings. The van der Waals surface area contributed by atoms with Crippen LogP contribution in [0, 0.1) is 0 Å². The lowest BCUT2D eigenvalue weighted by Crippen LogP contribution is -2.16. The van der Waals surface area contributed by atoms with Gasteiger partial charge in [-0.3, -0.25) is 4.57 Å². The van der Waals surface area contributed by atoms with Gasteiger partial charge in [-0.1, -0.05) is 12.1 Å². The van der Waals surface area contributed by atoms with E-state index in [9.17, 15) is 18.0 Å². The van der Waals surface area contributed by atoms with Crippen molar-refractivity contribution in [3.8, 4) is 16.9 Å². The van der Waals surface area contributed by atoms with Gasteiger partial charge < -0.3 is 9.15 Å². The number of aromatic nitrogens is 2. The number of halogens is 3. The molecule has 0 spiro atoms. The van der Waals surface area contributed by atoms with E-state index in [0.717, 1.165) is 0 Å². The second kappa shape index (κ2) is 5.45. The summed E-state index contributed by atoms with van der Waals surface area (Å²) in [6, 6.07) is 7.11. The highest BCUT2D eigenvalue weighted by molar-refractivity contribution is 5.77. The highest BCUT2D eigenvalue weighted by Crippen LogP contribution is 2.27. The highest BCUT2D eigenvalue weighted by atomic mass is 19.4. The zero-order valence-corrected chi connectivity index (χ0v) is 11.9. The third-order valence-corrected chi connectivity index (χ3v) is 3.26. The molecule has 0 aliphatic rings. The fourth-order valence-electron chi connectivity index (χ4n) is 2.26. The molecule has 23 heavy (non-hydrogen) atoms. The Hall–Kier alpha value is -2.77. The molecule has 0 N–H and O–H groups in total. The van der Waals surface area contributed by atoms with Gasteiger partial charge in [0.1, 0.15) is 11.3 Å². The van der Waals surface area contributed by atoms with Crippen LogP contribution in [0.1, 0.15) is 6.92 Å². The number of rotatable bonds is 3. The summed E-state index contributed by atoms with van der Waals surface area (Å²) < 4.78 is 46.7. The summed E-state index contributed by atoms with van der Waals surface area (Å²) in [5.41, 5.74) is 2.05. The van der Waals surface area contributed by atoms with Gasteiger partial charge in [-0.25, -0.2) is 9.78 Å². The van der Waals surface area contributed by atoms with Crippen molar-refractivity contribution in [2.24, 2.45) is 0 Å². The van der Waals surface area contributed by atoms with Crippen LogP contribution in [-0.4, -0.2) is 15.9 Å². The van der Waals surface area contributed by atoms with E-state index >= 15 is 0 Å². The Morgan fingerprint density at radius 3 is 2.52 bits per heavy atom. The Bertz CT molecular complexity index is 895. The third kappa shape index (κ3) is 3.05. The predicted molar refractivity (Wildman–Crippen MR) is 76.1 cm³/mol. The number of nitrogens with zero attached hydrogens (tertiary/aromatic N) is 2. The molecule has 8 heteroatoms. The lowest BCUT2D eigenvalue weighted by molar-refractivity contribution is -0.274. The van der Waals surface area contributed by atoms with Crippen molar-refractivity contribution in [1.29, 1.82) is 0 Å². The molecule has 5 nitrogen and oxygen atoms in total. The minimum atomic E-state index is -4.73.